The molecule has 0 saturated carbocycles. The summed E-state index contributed by atoms with van der Waals surface area (Å²) >= 11 is 8.00. The Hall–Kier alpha value is -1.08. The number of rotatable bonds is 2. The van der Waals surface area contributed by atoms with Gasteiger partial charge in [0.05, 0.1) is 5.56 Å². The van der Waals surface area contributed by atoms with Crippen molar-refractivity contribution in [3.63, 3.8) is 0 Å². The molecule has 1 N–H and O–H groups in total. The van der Waals surface area contributed by atoms with Crippen LogP contribution < -0.4 is 5.32 Å². The minimum absolute atomic E-state index is 0.152. The Labute approximate surface area is 136 Å². The molecule has 0 aliphatic carbocycles. The number of nitrogens with zero attached hydrogens (tertiary/aromatic N) is 1. The molecule has 2 rings (SSSR count). The minimum atomic E-state index is -0.259. The average molecular weight is 405 g/mol. The highest BCUT2D eigenvalue weighted by atomic mass is 127. The second-order valence-electron chi connectivity index (χ2n) is 5.40. The van der Waals surface area contributed by atoms with Gasteiger partial charge in [-0.1, -0.05) is 37.5 Å². The van der Waals surface area contributed by atoms with Crippen molar-refractivity contribution in [2.75, 3.05) is 5.32 Å². The molecule has 0 aliphatic rings. The van der Waals surface area contributed by atoms with Crippen LogP contribution in [0.15, 0.2) is 28.8 Å². The number of halogens is 2. The molecule has 4 nitrogen and oxygen atoms in total. The van der Waals surface area contributed by atoms with Gasteiger partial charge in [0.1, 0.15) is 5.76 Å². The molecule has 20 heavy (non-hydrogen) atoms. The number of hydrogen-bond donors (Lipinski definition) is 1. The first-order valence-corrected chi connectivity index (χ1v) is 7.46. The first kappa shape index (κ1) is 15.3. The maximum absolute atomic E-state index is 12.2. The number of hydrogen-bond acceptors (Lipinski definition) is 3. The molecule has 2 aromatic rings. The van der Waals surface area contributed by atoms with Crippen LogP contribution >= 0.6 is 34.2 Å². The number of carbonyl (C=O) groups excluding carboxylic acids is 1. The number of carbonyl (C=O) groups is 1. The van der Waals surface area contributed by atoms with Gasteiger partial charge in [-0.3, -0.25) is 4.79 Å². The van der Waals surface area contributed by atoms with E-state index in [0.29, 0.717) is 22.2 Å². The van der Waals surface area contributed by atoms with Crippen molar-refractivity contribution in [3.8, 4) is 0 Å². The van der Waals surface area contributed by atoms with Gasteiger partial charge in [0.15, 0.2) is 5.82 Å². The van der Waals surface area contributed by atoms with E-state index in [0.717, 1.165) is 3.57 Å². The number of nitrogens with one attached hydrogen (secondary N) is 1. The van der Waals surface area contributed by atoms with E-state index in [1.54, 1.807) is 24.3 Å². The van der Waals surface area contributed by atoms with Crippen LogP contribution in [0, 0.1) is 3.57 Å². The minimum Gasteiger partial charge on any atom is -0.359 e. The Bertz CT molecular complexity index is 647. The first-order valence-electron chi connectivity index (χ1n) is 6.01. The molecule has 0 aliphatic heterocycles. The molecule has 1 amide bonds. The van der Waals surface area contributed by atoms with Crippen LogP contribution in [-0.2, 0) is 5.41 Å². The fourth-order valence-corrected chi connectivity index (χ4v) is 2.30. The van der Waals surface area contributed by atoms with E-state index in [4.69, 9.17) is 16.1 Å². The molecular weight excluding hydrogens is 391 g/mol. The molecular formula is C14H14ClIN2O2. The van der Waals surface area contributed by atoms with Crippen LogP contribution in [0.2, 0.25) is 5.02 Å². The molecule has 0 unspecified atom stereocenters. The Morgan fingerprint density at radius 1 is 1.35 bits per heavy atom. The third kappa shape index (κ3) is 3.52. The Balaban J connectivity index is 2.20. The molecule has 106 valence electrons. The molecule has 6 heteroatoms. The second-order valence-corrected chi connectivity index (χ2v) is 7.00. The van der Waals surface area contributed by atoms with E-state index in [9.17, 15) is 4.79 Å². The van der Waals surface area contributed by atoms with Crippen LogP contribution in [0.4, 0.5) is 5.82 Å². The summed E-state index contributed by atoms with van der Waals surface area (Å²) in [5, 5.41) is 7.09. The molecule has 0 spiro atoms. The summed E-state index contributed by atoms with van der Waals surface area (Å²) in [6, 6.07) is 6.90. The van der Waals surface area contributed by atoms with Crippen molar-refractivity contribution in [1.29, 1.82) is 0 Å². The summed E-state index contributed by atoms with van der Waals surface area (Å²) in [4.78, 5) is 12.2. The summed E-state index contributed by atoms with van der Waals surface area (Å²) in [5.41, 5.74) is 0.360. The largest absolute Gasteiger partial charge is 0.359 e. The molecule has 1 aromatic heterocycles. The SMILES string of the molecule is CC(C)(C)c1cc(NC(=O)c2cc(Cl)ccc2I)no1. The van der Waals surface area contributed by atoms with Gasteiger partial charge < -0.3 is 9.84 Å². The second kappa shape index (κ2) is 5.73. The smallest absolute Gasteiger partial charge is 0.258 e. The van der Waals surface area contributed by atoms with E-state index >= 15 is 0 Å². The Morgan fingerprint density at radius 2 is 2.05 bits per heavy atom. The van der Waals surface area contributed by atoms with E-state index in [-0.39, 0.29) is 11.3 Å². The van der Waals surface area contributed by atoms with Gasteiger partial charge in [-0.05, 0) is 40.8 Å². The molecule has 0 fully saturated rings. The summed E-state index contributed by atoms with van der Waals surface area (Å²) in [6.45, 7) is 6.04. The topological polar surface area (TPSA) is 55.1 Å². The van der Waals surface area contributed by atoms with Crippen molar-refractivity contribution >= 4 is 45.9 Å². The summed E-state index contributed by atoms with van der Waals surface area (Å²) < 4.78 is 6.05. The summed E-state index contributed by atoms with van der Waals surface area (Å²) in [5.74, 6) is 0.856. The highest BCUT2D eigenvalue weighted by Gasteiger charge is 2.21. The number of benzene rings is 1. The lowest BCUT2D eigenvalue weighted by Crippen LogP contribution is -2.14. The standard InChI is InChI=1S/C14H14ClIN2O2/c1-14(2,3)11-7-12(18-20-11)17-13(19)9-6-8(15)4-5-10(9)16/h4-7H,1-3H3,(H,17,18,19). The van der Waals surface area contributed by atoms with Crippen LogP contribution in [0.1, 0.15) is 36.9 Å². The molecule has 1 aromatic carbocycles. The Kier molecular flexibility index (Phi) is 4.39. The van der Waals surface area contributed by atoms with Crippen molar-refractivity contribution in [2.24, 2.45) is 0 Å². The molecule has 0 radical (unpaired) electrons. The summed E-state index contributed by atoms with van der Waals surface area (Å²) in [6.07, 6.45) is 0. The lowest BCUT2D eigenvalue weighted by atomic mass is 9.93. The molecule has 0 saturated heterocycles. The molecule has 0 bridgehead atoms. The van der Waals surface area contributed by atoms with Crippen molar-refractivity contribution < 1.29 is 9.32 Å². The highest BCUT2D eigenvalue weighted by Crippen LogP contribution is 2.25. The maximum Gasteiger partial charge on any atom is 0.258 e. The fourth-order valence-electron chi connectivity index (χ4n) is 1.54. The number of anilines is 1. The predicted molar refractivity (Wildman–Crippen MR) is 87.3 cm³/mol. The third-order valence-electron chi connectivity index (χ3n) is 2.66. The zero-order valence-corrected chi connectivity index (χ0v) is 14.2. The van der Waals surface area contributed by atoms with Crippen molar-refractivity contribution in [3.05, 3.63) is 44.2 Å². The van der Waals surface area contributed by atoms with Gasteiger partial charge in [-0.2, -0.15) is 0 Å². The lowest BCUT2D eigenvalue weighted by molar-refractivity contribution is 0.102. The van der Waals surface area contributed by atoms with E-state index in [1.165, 1.54) is 0 Å². The van der Waals surface area contributed by atoms with Crippen molar-refractivity contribution in [1.82, 2.24) is 5.16 Å². The third-order valence-corrected chi connectivity index (χ3v) is 3.84. The zero-order chi connectivity index (χ0) is 14.9. The van der Waals surface area contributed by atoms with E-state index < -0.39 is 0 Å². The number of amides is 1. The monoisotopic (exact) mass is 404 g/mol. The van der Waals surface area contributed by atoms with Gasteiger partial charge in [0, 0.05) is 20.1 Å². The predicted octanol–water partition coefficient (Wildman–Crippen LogP) is 4.48. The van der Waals surface area contributed by atoms with Crippen LogP contribution in [0.25, 0.3) is 0 Å². The molecule has 0 atom stereocenters. The van der Waals surface area contributed by atoms with Crippen LogP contribution in [0.5, 0.6) is 0 Å². The van der Waals surface area contributed by atoms with Crippen LogP contribution in [-0.4, -0.2) is 11.1 Å². The highest BCUT2D eigenvalue weighted by molar-refractivity contribution is 14.1. The van der Waals surface area contributed by atoms with E-state index in [2.05, 4.69) is 33.1 Å². The first-order chi connectivity index (χ1) is 9.27. The zero-order valence-electron chi connectivity index (χ0n) is 11.3. The average Bonchev–Trinajstić information content (AvgIpc) is 2.80. The van der Waals surface area contributed by atoms with Gasteiger partial charge in [-0.25, -0.2) is 0 Å². The van der Waals surface area contributed by atoms with Gasteiger partial charge in [0.25, 0.3) is 5.91 Å². The van der Waals surface area contributed by atoms with Crippen molar-refractivity contribution in [2.45, 2.75) is 26.2 Å². The van der Waals surface area contributed by atoms with Gasteiger partial charge >= 0.3 is 0 Å². The quantitative estimate of drug-likeness (QED) is 0.751. The van der Waals surface area contributed by atoms with Gasteiger partial charge in [0.2, 0.25) is 0 Å². The lowest BCUT2D eigenvalue weighted by Gasteiger charge is -2.12. The fraction of sp³-hybridized carbons (Fsp3) is 0.286. The maximum atomic E-state index is 12.2. The number of aromatic nitrogens is 1. The van der Waals surface area contributed by atoms with E-state index in [1.807, 2.05) is 20.8 Å². The Morgan fingerprint density at radius 3 is 2.65 bits per heavy atom. The van der Waals surface area contributed by atoms with Crippen LogP contribution in [0.3, 0.4) is 0 Å². The van der Waals surface area contributed by atoms with Gasteiger partial charge in [-0.15, -0.1) is 0 Å². The normalized spacial score (nSPS) is 11.4. The summed E-state index contributed by atoms with van der Waals surface area (Å²) in [7, 11) is 0. The molecule has 1 heterocycles.